The van der Waals surface area contributed by atoms with Gasteiger partial charge in [-0.2, -0.15) is 16.8 Å². The second-order valence-corrected chi connectivity index (χ2v) is 8.85. The number of aromatic carboxylic acids is 2. The molecule has 2 aromatic rings. The molecule has 0 unspecified atom stereocenters. The van der Waals surface area contributed by atoms with E-state index in [2.05, 4.69) is 0 Å². The minimum absolute atomic E-state index is 0.240. The van der Waals surface area contributed by atoms with Crippen LogP contribution in [0.25, 0.3) is 0 Å². The quantitative estimate of drug-likeness (QED) is 0.485. The summed E-state index contributed by atoms with van der Waals surface area (Å²) in [6.45, 7) is 0. The highest BCUT2D eigenvalue weighted by atomic mass is 32.2. The van der Waals surface area contributed by atoms with Crippen LogP contribution in [-0.2, 0) is 20.2 Å². The Balaban J connectivity index is 2.67. The van der Waals surface area contributed by atoms with Crippen molar-refractivity contribution in [1.29, 1.82) is 0 Å². The van der Waals surface area contributed by atoms with Crippen molar-refractivity contribution in [2.24, 2.45) is 0 Å². The molecule has 0 aliphatic carbocycles. The summed E-state index contributed by atoms with van der Waals surface area (Å²) in [4.78, 5) is 19.9. The number of carboxylic acids is 2. The molecule has 0 heterocycles. The third kappa shape index (κ3) is 4.84. The molecule has 0 amide bonds. The number of hydrogen-bond donors (Lipinski definition) is 4. The number of carboxylic acid groups (broad SMARTS) is 2. The Morgan fingerprint density at radius 1 is 0.704 bits per heavy atom. The first kappa shape index (κ1) is 20.9. The van der Waals surface area contributed by atoms with E-state index in [0.717, 1.165) is 24.3 Å². The molecule has 0 spiro atoms. The van der Waals surface area contributed by atoms with Crippen LogP contribution >= 0.6 is 11.8 Å². The molecular formula is C14H10O10S3. The summed E-state index contributed by atoms with van der Waals surface area (Å²) in [5.41, 5.74) is -0.883. The monoisotopic (exact) mass is 434 g/mol. The van der Waals surface area contributed by atoms with Crippen molar-refractivity contribution < 1.29 is 45.7 Å². The molecule has 0 aliphatic rings. The van der Waals surface area contributed by atoms with Crippen molar-refractivity contribution in [1.82, 2.24) is 0 Å². The first-order valence-electron chi connectivity index (χ1n) is 6.68. The van der Waals surface area contributed by atoms with E-state index in [9.17, 15) is 35.5 Å². The summed E-state index contributed by atoms with van der Waals surface area (Å²) >= 11 is 0.471. The van der Waals surface area contributed by atoms with Crippen LogP contribution < -0.4 is 0 Å². The standard InChI is InChI=1S/C14H10O10S3/c15-13(16)7-1-3-9(11(5-7)26(19,20)21)25-10-4-2-8(14(17)18)6-12(10)27(22,23)24/h1-6H,(H,15,16)(H,17,18)(H,19,20,21)(H,22,23,24). The Hall–Kier alpha value is -2.45. The number of benzene rings is 2. The first-order valence-corrected chi connectivity index (χ1v) is 10.4. The maximum Gasteiger partial charge on any atom is 0.335 e. The van der Waals surface area contributed by atoms with Crippen LogP contribution in [0.3, 0.4) is 0 Å². The maximum atomic E-state index is 11.5. The van der Waals surface area contributed by atoms with Gasteiger partial charge in [-0.05, 0) is 36.4 Å². The van der Waals surface area contributed by atoms with Gasteiger partial charge < -0.3 is 10.2 Å². The molecule has 0 aliphatic heterocycles. The second-order valence-electron chi connectivity index (χ2n) is 4.99. The van der Waals surface area contributed by atoms with E-state index in [-0.39, 0.29) is 9.79 Å². The lowest BCUT2D eigenvalue weighted by atomic mass is 10.2. The summed E-state index contributed by atoms with van der Waals surface area (Å²) in [5, 5.41) is 17.9. The molecule has 0 aromatic heterocycles. The van der Waals surface area contributed by atoms with E-state index < -0.39 is 53.1 Å². The van der Waals surface area contributed by atoms with Crippen molar-refractivity contribution >= 4 is 43.9 Å². The number of rotatable bonds is 6. The van der Waals surface area contributed by atoms with E-state index in [1.807, 2.05) is 0 Å². The van der Waals surface area contributed by atoms with Crippen LogP contribution in [-0.4, -0.2) is 48.1 Å². The highest BCUT2D eigenvalue weighted by Crippen LogP contribution is 2.37. The van der Waals surface area contributed by atoms with E-state index in [4.69, 9.17) is 10.2 Å². The molecule has 0 atom stereocenters. The molecule has 0 bridgehead atoms. The lowest BCUT2D eigenvalue weighted by Gasteiger charge is -2.11. The van der Waals surface area contributed by atoms with Gasteiger partial charge in [0, 0.05) is 9.79 Å². The molecule has 0 radical (unpaired) electrons. The average Bonchev–Trinajstić information content (AvgIpc) is 2.53. The lowest BCUT2D eigenvalue weighted by Crippen LogP contribution is -2.06. The smallest absolute Gasteiger partial charge is 0.335 e. The maximum absolute atomic E-state index is 11.5. The summed E-state index contributed by atoms with van der Waals surface area (Å²) in [6, 6.07) is 5.46. The third-order valence-corrected chi connectivity index (χ3v) is 6.35. The van der Waals surface area contributed by atoms with Crippen LogP contribution in [0.4, 0.5) is 0 Å². The first-order chi connectivity index (χ1) is 12.3. The molecule has 0 saturated heterocycles. The molecule has 10 nitrogen and oxygen atoms in total. The lowest BCUT2D eigenvalue weighted by molar-refractivity contribution is 0.0685. The molecule has 13 heteroatoms. The van der Waals surface area contributed by atoms with E-state index in [1.165, 1.54) is 0 Å². The van der Waals surface area contributed by atoms with Crippen LogP contribution in [0.15, 0.2) is 56.0 Å². The van der Waals surface area contributed by atoms with Crippen molar-refractivity contribution in [2.45, 2.75) is 19.6 Å². The molecule has 4 N–H and O–H groups in total. The van der Waals surface area contributed by atoms with E-state index >= 15 is 0 Å². The van der Waals surface area contributed by atoms with Gasteiger partial charge in [0.1, 0.15) is 9.79 Å². The number of carbonyl (C=O) groups is 2. The molecular weight excluding hydrogens is 424 g/mol. The molecule has 0 fully saturated rings. The zero-order valence-electron chi connectivity index (χ0n) is 12.9. The topological polar surface area (TPSA) is 183 Å². The van der Waals surface area contributed by atoms with Gasteiger partial charge in [0.25, 0.3) is 20.2 Å². The average molecular weight is 434 g/mol. The summed E-state index contributed by atoms with van der Waals surface area (Å²) in [7, 11) is -9.74. The predicted molar refractivity (Wildman–Crippen MR) is 90.6 cm³/mol. The normalized spacial score (nSPS) is 11.9. The van der Waals surface area contributed by atoms with Crippen molar-refractivity contribution in [3.05, 3.63) is 47.5 Å². The van der Waals surface area contributed by atoms with Gasteiger partial charge in [-0.25, -0.2) is 9.59 Å². The van der Waals surface area contributed by atoms with Crippen molar-refractivity contribution in [3.8, 4) is 0 Å². The van der Waals surface area contributed by atoms with Crippen LogP contribution in [0.1, 0.15) is 20.7 Å². The Labute approximate surface area is 157 Å². The zero-order chi connectivity index (χ0) is 20.6. The van der Waals surface area contributed by atoms with Gasteiger partial charge in [-0.3, -0.25) is 9.11 Å². The molecule has 27 heavy (non-hydrogen) atoms. The summed E-state index contributed by atoms with van der Waals surface area (Å²) in [5.74, 6) is -2.92. The van der Waals surface area contributed by atoms with Crippen LogP contribution in [0, 0.1) is 0 Å². The fourth-order valence-corrected chi connectivity index (χ4v) is 4.88. The largest absolute Gasteiger partial charge is 0.478 e. The van der Waals surface area contributed by atoms with Crippen LogP contribution in [0.5, 0.6) is 0 Å². The Bertz CT molecular complexity index is 1060. The Morgan fingerprint density at radius 3 is 1.30 bits per heavy atom. The highest BCUT2D eigenvalue weighted by molar-refractivity contribution is 8.00. The Kier molecular flexibility index (Phi) is 5.63. The van der Waals surface area contributed by atoms with Gasteiger partial charge in [-0.1, -0.05) is 11.8 Å². The second kappa shape index (κ2) is 7.28. The summed E-state index contributed by atoms with van der Waals surface area (Å²) < 4.78 is 64.8. The minimum Gasteiger partial charge on any atom is -0.478 e. The molecule has 0 saturated carbocycles. The van der Waals surface area contributed by atoms with Gasteiger partial charge in [-0.15, -0.1) is 0 Å². The third-order valence-electron chi connectivity index (χ3n) is 3.16. The minimum atomic E-state index is -4.87. The predicted octanol–water partition coefficient (Wildman–Crippen LogP) is 1.73. The van der Waals surface area contributed by atoms with Crippen molar-refractivity contribution in [3.63, 3.8) is 0 Å². The number of hydrogen-bond acceptors (Lipinski definition) is 7. The van der Waals surface area contributed by atoms with Gasteiger partial charge in [0.15, 0.2) is 0 Å². The van der Waals surface area contributed by atoms with Crippen LogP contribution in [0.2, 0.25) is 0 Å². The summed E-state index contributed by atoms with van der Waals surface area (Å²) in [6.07, 6.45) is 0. The molecule has 2 rings (SSSR count). The molecule has 144 valence electrons. The zero-order valence-corrected chi connectivity index (χ0v) is 15.4. The van der Waals surface area contributed by atoms with Gasteiger partial charge in [0.2, 0.25) is 0 Å². The van der Waals surface area contributed by atoms with Gasteiger partial charge >= 0.3 is 11.9 Å². The SMILES string of the molecule is O=C(O)c1ccc(Sc2ccc(C(=O)O)cc2S(=O)(=O)O)c(S(=O)(=O)O)c1. The highest BCUT2D eigenvalue weighted by Gasteiger charge is 2.23. The van der Waals surface area contributed by atoms with E-state index in [1.54, 1.807) is 0 Å². The van der Waals surface area contributed by atoms with E-state index in [0.29, 0.717) is 23.9 Å². The van der Waals surface area contributed by atoms with Gasteiger partial charge in [0.05, 0.1) is 11.1 Å². The van der Waals surface area contributed by atoms with Crippen molar-refractivity contribution in [2.75, 3.05) is 0 Å². The fraction of sp³-hybridized carbons (Fsp3) is 0. The fourth-order valence-electron chi connectivity index (χ4n) is 1.97. The molecule has 2 aromatic carbocycles. The Morgan fingerprint density at radius 2 is 1.04 bits per heavy atom.